The van der Waals surface area contributed by atoms with Gasteiger partial charge in [0.15, 0.2) is 0 Å². The minimum atomic E-state index is -0.372. The lowest BCUT2D eigenvalue weighted by Gasteiger charge is -2.25. The number of nitrogens with one attached hydrogen (secondary N) is 2. The van der Waals surface area contributed by atoms with E-state index in [1.165, 1.54) is 29.7 Å². The van der Waals surface area contributed by atoms with Gasteiger partial charge in [-0.1, -0.05) is 18.6 Å². The fourth-order valence-corrected chi connectivity index (χ4v) is 4.31. The molecule has 2 N–H and O–H groups in total. The van der Waals surface area contributed by atoms with Gasteiger partial charge in [0.25, 0.3) is 11.5 Å². The Balaban J connectivity index is 1.29. The van der Waals surface area contributed by atoms with Gasteiger partial charge >= 0.3 is 0 Å². The van der Waals surface area contributed by atoms with E-state index < -0.39 is 0 Å². The number of aromatic nitrogens is 3. The highest BCUT2D eigenvalue weighted by molar-refractivity contribution is 5.92. The van der Waals surface area contributed by atoms with Crippen molar-refractivity contribution in [2.24, 2.45) is 5.92 Å². The highest BCUT2D eigenvalue weighted by atomic mass is 16.2. The molecule has 0 spiro atoms. The molecule has 0 radical (unpaired) electrons. The summed E-state index contributed by atoms with van der Waals surface area (Å²) in [4.78, 5) is 33.9. The molecule has 1 saturated carbocycles. The Morgan fingerprint density at radius 1 is 1.12 bits per heavy atom. The van der Waals surface area contributed by atoms with Crippen molar-refractivity contribution in [1.82, 2.24) is 25.0 Å². The molecule has 1 aliphatic carbocycles. The van der Waals surface area contributed by atoms with Gasteiger partial charge < -0.3 is 10.6 Å². The van der Waals surface area contributed by atoms with Crippen LogP contribution in [0.2, 0.25) is 0 Å². The minimum absolute atomic E-state index is 0.116. The maximum absolute atomic E-state index is 12.7. The third-order valence-electron chi connectivity index (χ3n) is 6.33. The summed E-state index contributed by atoms with van der Waals surface area (Å²) in [7, 11) is 0. The highest BCUT2D eigenvalue weighted by Gasteiger charge is 2.16. The predicted molar refractivity (Wildman–Crippen MR) is 128 cm³/mol. The summed E-state index contributed by atoms with van der Waals surface area (Å²) in [5, 5.41) is 7.49. The van der Waals surface area contributed by atoms with Gasteiger partial charge in [-0.05, 0) is 73.2 Å². The van der Waals surface area contributed by atoms with Crippen molar-refractivity contribution in [2.45, 2.75) is 39.3 Å². The van der Waals surface area contributed by atoms with Crippen molar-refractivity contribution in [3.05, 3.63) is 87.6 Å². The normalized spacial score (nSPS) is 13.8. The highest BCUT2D eigenvalue weighted by Crippen LogP contribution is 2.25. The van der Waals surface area contributed by atoms with E-state index in [1.54, 1.807) is 24.4 Å². The van der Waals surface area contributed by atoms with Crippen LogP contribution in [0.3, 0.4) is 0 Å². The zero-order valence-corrected chi connectivity index (χ0v) is 18.7. The third-order valence-corrected chi connectivity index (χ3v) is 6.33. The second-order valence-corrected chi connectivity index (χ2v) is 8.85. The topological polar surface area (TPSA) is 88.4 Å². The number of fused-ring (bicyclic) bond motifs is 2. The van der Waals surface area contributed by atoms with Crippen LogP contribution in [0.15, 0.2) is 59.7 Å². The van der Waals surface area contributed by atoms with Gasteiger partial charge in [0, 0.05) is 36.9 Å². The van der Waals surface area contributed by atoms with Crippen LogP contribution in [0.25, 0.3) is 16.6 Å². The molecule has 5 rings (SSSR count). The van der Waals surface area contributed by atoms with E-state index in [0.717, 1.165) is 46.6 Å². The van der Waals surface area contributed by atoms with Crippen LogP contribution in [0, 0.1) is 12.8 Å². The van der Waals surface area contributed by atoms with Crippen LogP contribution in [0.5, 0.6) is 0 Å². The molecule has 1 fully saturated rings. The standard InChI is InChI=1S/C26H27N5O2/c1-17-9-19(10-21-11-20(16-28-25(17)21)14-27-13-18-5-4-6-18)15-29-26(33)22-12-24(32)31-8-3-2-7-23(31)30-22/h2-3,7-12,16,18,27H,4-6,13-15H2,1H3,(H,29,33). The monoisotopic (exact) mass is 441 g/mol. The number of amides is 1. The van der Waals surface area contributed by atoms with Gasteiger partial charge in [-0.15, -0.1) is 0 Å². The average Bonchev–Trinajstić information content (AvgIpc) is 2.79. The molecular formula is C26H27N5O2. The van der Waals surface area contributed by atoms with Gasteiger partial charge in [0.05, 0.1) is 5.52 Å². The number of carbonyl (C=O) groups is 1. The van der Waals surface area contributed by atoms with Crippen LogP contribution in [0.1, 0.15) is 46.4 Å². The Morgan fingerprint density at radius 3 is 2.79 bits per heavy atom. The summed E-state index contributed by atoms with van der Waals surface area (Å²) >= 11 is 0. The van der Waals surface area contributed by atoms with E-state index in [-0.39, 0.29) is 17.2 Å². The van der Waals surface area contributed by atoms with Crippen LogP contribution in [0.4, 0.5) is 0 Å². The van der Waals surface area contributed by atoms with E-state index in [4.69, 9.17) is 0 Å². The van der Waals surface area contributed by atoms with Crippen LogP contribution >= 0.6 is 0 Å². The van der Waals surface area contributed by atoms with Crippen LogP contribution < -0.4 is 16.2 Å². The molecule has 1 aliphatic rings. The van der Waals surface area contributed by atoms with Crippen LogP contribution in [-0.4, -0.2) is 26.8 Å². The molecule has 168 valence electrons. The lowest BCUT2D eigenvalue weighted by molar-refractivity contribution is 0.0946. The van der Waals surface area contributed by atoms with E-state index in [9.17, 15) is 9.59 Å². The maximum Gasteiger partial charge on any atom is 0.270 e. The smallest absolute Gasteiger partial charge is 0.270 e. The Morgan fingerprint density at radius 2 is 1.97 bits per heavy atom. The van der Waals surface area contributed by atoms with Crippen molar-refractivity contribution >= 4 is 22.5 Å². The fourth-order valence-electron chi connectivity index (χ4n) is 4.31. The molecule has 4 aromatic rings. The second-order valence-electron chi connectivity index (χ2n) is 8.85. The summed E-state index contributed by atoms with van der Waals surface area (Å²) in [6, 6.07) is 12.8. The third kappa shape index (κ3) is 4.64. The first-order valence-electron chi connectivity index (χ1n) is 11.4. The lowest BCUT2D eigenvalue weighted by Crippen LogP contribution is -2.27. The van der Waals surface area contributed by atoms with Crippen molar-refractivity contribution in [3.63, 3.8) is 0 Å². The molecular weight excluding hydrogens is 414 g/mol. The molecule has 7 heteroatoms. The summed E-state index contributed by atoms with van der Waals surface area (Å²) < 4.78 is 1.41. The minimum Gasteiger partial charge on any atom is -0.347 e. The van der Waals surface area contributed by atoms with Crippen molar-refractivity contribution in [3.8, 4) is 0 Å². The van der Waals surface area contributed by atoms with Gasteiger partial charge in [0.2, 0.25) is 0 Å². The average molecular weight is 442 g/mol. The number of hydrogen-bond acceptors (Lipinski definition) is 5. The zero-order valence-electron chi connectivity index (χ0n) is 18.7. The molecule has 0 bridgehead atoms. The SMILES string of the molecule is Cc1cc(CNC(=O)c2cc(=O)n3ccccc3n2)cc2cc(CNCC3CCC3)cnc12. The van der Waals surface area contributed by atoms with Crippen molar-refractivity contribution in [2.75, 3.05) is 6.54 Å². The van der Waals surface area contributed by atoms with E-state index in [2.05, 4.69) is 32.7 Å². The largest absolute Gasteiger partial charge is 0.347 e. The molecule has 33 heavy (non-hydrogen) atoms. The summed E-state index contributed by atoms with van der Waals surface area (Å²) in [5.41, 5.74) is 4.45. The zero-order chi connectivity index (χ0) is 22.8. The predicted octanol–water partition coefficient (Wildman–Crippen LogP) is 3.37. The van der Waals surface area contributed by atoms with Crippen molar-refractivity contribution in [1.29, 1.82) is 0 Å². The number of rotatable bonds is 7. The first-order valence-corrected chi connectivity index (χ1v) is 11.4. The van der Waals surface area contributed by atoms with Gasteiger partial charge in [-0.3, -0.25) is 19.0 Å². The quantitative estimate of drug-likeness (QED) is 0.459. The number of nitrogens with zero attached hydrogens (tertiary/aromatic N) is 3. The molecule has 0 unspecified atom stereocenters. The maximum atomic E-state index is 12.7. The number of benzene rings is 1. The first-order chi connectivity index (χ1) is 16.1. The van der Waals surface area contributed by atoms with Gasteiger partial charge in [0.1, 0.15) is 11.3 Å². The summed E-state index contributed by atoms with van der Waals surface area (Å²) in [5.74, 6) is 0.451. The van der Waals surface area contributed by atoms with E-state index in [1.807, 2.05) is 19.2 Å². The molecule has 0 saturated heterocycles. The molecule has 1 amide bonds. The summed E-state index contributed by atoms with van der Waals surface area (Å²) in [6.45, 7) is 4.24. The molecule has 7 nitrogen and oxygen atoms in total. The Bertz CT molecular complexity index is 1390. The Labute approximate surface area is 191 Å². The van der Waals surface area contributed by atoms with E-state index in [0.29, 0.717) is 12.2 Å². The van der Waals surface area contributed by atoms with Gasteiger partial charge in [-0.2, -0.15) is 0 Å². The summed E-state index contributed by atoms with van der Waals surface area (Å²) in [6.07, 6.45) is 7.60. The number of carbonyl (C=O) groups excluding carboxylic acids is 1. The number of hydrogen-bond donors (Lipinski definition) is 2. The Kier molecular flexibility index (Phi) is 5.88. The number of pyridine rings is 2. The molecule has 3 heterocycles. The number of aryl methyl sites for hydroxylation is 1. The van der Waals surface area contributed by atoms with Crippen molar-refractivity contribution < 1.29 is 4.79 Å². The molecule has 3 aromatic heterocycles. The second kappa shape index (κ2) is 9.11. The Hall–Kier alpha value is -3.58. The van der Waals surface area contributed by atoms with Gasteiger partial charge in [-0.25, -0.2) is 4.98 Å². The molecule has 1 aromatic carbocycles. The first kappa shape index (κ1) is 21.3. The fraction of sp³-hybridized carbons (Fsp3) is 0.308. The van der Waals surface area contributed by atoms with Crippen LogP contribution in [-0.2, 0) is 13.1 Å². The molecule has 0 aliphatic heterocycles. The molecule has 0 atom stereocenters. The van der Waals surface area contributed by atoms with E-state index >= 15 is 0 Å². The lowest BCUT2D eigenvalue weighted by atomic mass is 9.85.